The molecule has 1 saturated carbocycles. The molecule has 4 N–H and O–H groups in total. The van der Waals surface area contributed by atoms with Crippen LogP contribution in [0.5, 0.6) is 5.75 Å². The average Bonchev–Trinajstić information content (AvgIpc) is 2.97. The van der Waals surface area contributed by atoms with Crippen LogP contribution in [0.1, 0.15) is 76.8 Å². The second kappa shape index (κ2) is 16.9. The van der Waals surface area contributed by atoms with Gasteiger partial charge in [-0.1, -0.05) is 81.1 Å². The second-order valence-electron chi connectivity index (χ2n) is 12.0. The summed E-state index contributed by atoms with van der Waals surface area (Å²) in [6, 6.07) is 16.0. The molecule has 8 nitrogen and oxygen atoms in total. The highest BCUT2D eigenvalue weighted by molar-refractivity contribution is 5.87. The van der Waals surface area contributed by atoms with Crippen LogP contribution in [0.4, 0.5) is 0 Å². The maximum atomic E-state index is 13.4. The van der Waals surface area contributed by atoms with Crippen LogP contribution in [-0.4, -0.2) is 53.7 Å². The minimum absolute atomic E-state index is 0.0851. The Morgan fingerprint density at radius 1 is 0.929 bits per heavy atom. The Balaban J connectivity index is 1.71. The van der Waals surface area contributed by atoms with Crippen LogP contribution in [-0.2, 0) is 20.8 Å². The number of carbonyl (C=O) groups excluding carboxylic acids is 3. The maximum absolute atomic E-state index is 13.4. The first-order valence-electron chi connectivity index (χ1n) is 15.4. The van der Waals surface area contributed by atoms with E-state index in [-0.39, 0.29) is 48.6 Å². The lowest BCUT2D eigenvalue weighted by Gasteiger charge is -2.35. The van der Waals surface area contributed by atoms with Gasteiger partial charge in [-0.3, -0.25) is 14.4 Å². The number of amides is 3. The van der Waals surface area contributed by atoms with Crippen LogP contribution in [0, 0.1) is 18.8 Å². The number of aliphatic hydroxyl groups is 1. The van der Waals surface area contributed by atoms with Crippen LogP contribution < -0.4 is 20.7 Å². The van der Waals surface area contributed by atoms with Gasteiger partial charge in [0.05, 0.1) is 25.2 Å². The van der Waals surface area contributed by atoms with Crippen LogP contribution >= 0.6 is 0 Å². The third kappa shape index (κ3) is 11.1. The molecule has 0 radical (unpaired) electrons. The van der Waals surface area contributed by atoms with Gasteiger partial charge in [0.1, 0.15) is 11.8 Å². The summed E-state index contributed by atoms with van der Waals surface area (Å²) < 4.78 is 5.75. The lowest BCUT2D eigenvalue weighted by atomic mass is 9.80. The number of carbonyl (C=O) groups is 3. The van der Waals surface area contributed by atoms with Crippen LogP contribution in [0.3, 0.4) is 0 Å². The fraction of sp³-hybridized carbons (Fsp3) is 0.559. The molecule has 2 unspecified atom stereocenters. The number of nitrogens with one attached hydrogen (secondary N) is 3. The largest absolute Gasteiger partial charge is 0.493 e. The molecule has 0 aromatic heterocycles. The predicted octanol–water partition coefficient (Wildman–Crippen LogP) is 4.47. The molecule has 0 spiro atoms. The number of benzene rings is 2. The Labute approximate surface area is 251 Å². The summed E-state index contributed by atoms with van der Waals surface area (Å²) in [6.45, 7) is 7.44. The summed E-state index contributed by atoms with van der Waals surface area (Å²) in [5.41, 5.74) is 2.14. The number of ether oxygens (including phenoxy) is 1. The standard InChI is InChI=1S/C34H49N3O5/c1-23(2)33(35-25(4)38)34(41)37-29(27-13-9-6-10-14-27)22-31(39)30(21-26-11-7-5-8-12-26)36-32(40)19-20-42-28-17-15-24(3)16-18-28/h5,7-8,11-12,15-18,23,27,29-31,33,39H,6,9-10,13-14,19-22H2,1-4H3,(H,35,38)(H,36,40)(H,37,41)/t29?,30?,31-,33-/m0/s1. The zero-order chi connectivity index (χ0) is 30.5. The summed E-state index contributed by atoms with van der Waals surface area (Å²) in [7, 11) is 0. The van der Waals surface area contributed by atoms with E-state index in [4.69, 9.17) is 4.74 Å². The van der Waals surface area contributed by atoms with Crippen molar-refractivity contribution in [2.75, 3.05) is 6.61 Å². The van der Waals surface area contributed by atoms with Crippen molar-refractivity contribution in [1.29, 1.82) is 0 Å². The monoisotopic (exact) mass is 579 g/mol. The van der Waals surface area contributed by atoms with Crippen LogP contribution in [0.2, 0.25) is 0 Å². The van der Waals surface area contributed by atoms with Crippen molar-refractivity contribution in [3.63, 3.8) is 0 Å². The summed E-state index contributed by atoms with van der Waals surface area (Å²) in [5, 5.41) is 20.6. The van der Waals surface area contributed by atoms with Crippen molar-refractivity contribution >= 4 is 17.7 Å². The molecule has 3 amide bonds. The number of aryl methyl sites for hydroxylation is 1. The lowest BCUT2D eigenvalue weighted by molar-refractivity contribution is -0.130. The Hall–Kier alpha value is -3.39. The summed E-state index contributed by atoms with van der Waals surface area (Å²) in [4.78, 5) is 38.2. The second-order valence-corrected chi connectivity index (χ2v) is 12.0. The van der Waals surface area contributed by atoms with Crippen molar-refractivity contribution in [3.8, 4) is 5.75 Å². The van der Waals surface area contributed by atoms with Crippen LogP contribution in [0.15, 0.2) is 54.6 Å². The number of aliphatic hydroxyl groups excluding tert-OH is 1. The molecular weight excluding hydrogens is 530 g/mol. The van der Waals surface area contributed by atoms with Crippen LogP contribution in [0.25, 0.3) is 0 Å². The summed E-state index contributed by atoms with van der Waals surface area (Å²) in [6.07, 6.45) is 5.29. The fourth-order valence-electron chi connectivity index (χ4n) is 5.68. The van der Waals surface area contributed by atoms with Gasteiger partial charge in [0, 0.05) is 13.0 Å². The highest BCUT2D eigenvalue weighted by atomic mass is 16.5. The zero-order valence-corrected chi connectivity index (χ0v) is 25.6. The summed E-state index contributed by atoms with van der Waals surface area (Å²) >= 11 is 0. The first-order valence-corrected chi connectivity index (χ1v) is 15.4. The van der Waals surface area contributed by atoms with Gasteiger partial charge in [0.25, 0.3) is 0 Å². The first-order chi connectivity index (χ1) is 20.1. The molecule has 3 rings (SSSR count). The molecule has 0 aliphatic heterocycles. The normalized spacial score (nSPS) is 16.6. The quantitative estimate of drug-likeness (QED) is 0.249. The van der Waals surface area contributed by atoms with Gasteiger partial charge in [-0.2, -0.15) is 0 Å². The number of rotatable bonds is 15. The minimum Gasteiger partial charge on any atom is -0.493 e. The van der Waals surface area contributed by atoms with E-state index in [0.29, 0.717) is 18.6 Å². The van der Waals surface area contributed by atoms with E-state index < -0.39 is 18.2 Å². The van der Waals surface area contributed by atoms with Crippen molar-refractivity contribution in [1.82, 2.24) is 16.0 Å². The third-order valence-corrected chi connectivity index (χ3v) is 8.08. The molecular formula is C34H49N3O5. The molecule has 8 heteroatoms. The van der Waals surface area contributed by atoms with Gasteiger partial charge < -0.3 is 25.8 Å². The number of hydrogen-bond acceptors (Lipinski definition) is 5. The molecule has 4 atom stereocenters. The Kier molecular flexibility index (Phi) is 13.3. The van der Waals surface area contributed by atoms with Gasteiger partial charge >= 0.3 is 0 Å². The highest BCUT2D eigenvalue weighted by Crippen LogP contribution is 2.29. The Morgan fingerprint density at radius 3 is 2.21 bits per heavy atom. The molecule has 0 heterocycles. The Morgan fingerprint density at radius 2 is 1.60 bits per heavy atom. The minimum atomic E-state index is -0.891. The molecule has 0 bridgehead atoms. The van der Waals surface area contributed by atoms with E-state index in [0.717, 1.165) is 43.2 Å². The predicted molar refractivity (Wildman–Crippen MR) is 165 cm³/mol. The fourth-order valence-corrected chi connectivity index (χ4v) is 5.68. The van der Waals surface area contributed by atoms with Crippen molar-refractivity contribution in [2.24, 2.45) is 11.8 Å². The Bertz CT molecular complexity index is 1120. The van der Waals surface area contributed by atoms with E-state index in [9.17, 15) is 19.5 Å². The van der Waals surface area contributed by atoms with E-state index >= 15 is 0 Å². The topological polar surface area (TPSA) is 117 Å². The van der Waals surface area contributed by atoms with Crippen molar-refractivity contribution in [2.45, 2.75) is 103 Å². The smallest absolute Gasteiger partial charge is 0.243 e. The molecule has 1 aliphatic carbocycles. The first kappa shape index (κ1) is 33.1. The van der Waals surface area contributed by atoms with Gasteiger partial charge in [-0.15, -0.1) is 0 Å². The maximum Gasteiger partial charge on any atom is 0.243 e. The lowest BCUT2D eigenvalue weighted by Crippen LogP contribution is -2.55. The zero-order valence-electron chi connectivity index (χ0n) is 25.6. The molecule has 230 valence electrons. The van der Waals surface area contributed by atoms with Crippen molar-refractivity contribution in [3.05, 3.63) is 65.7 Å². The molecule has 0 saturated heterocycles. The van der Waals surface area contributed by atoms with E-state index in [1.165, 1.54) is 6.92 Å². The molecule has 1 fully saturated rings. The highest BCUT2D eigenvalue weighted by Gasteiger charge is 2.33. The number of hydrogen-bond donors (Lipinski definition) is 4. The average molecular weight is 580 g/mol. The van der Waals surface area contributed by atoms with Gasteiger partial charge in [0.2, 0.25) is 17.7 Å². The van der Waals surface area contributed by atoms with Gasteiger partial charge in [-0.05, 0) is 62.1 Å². The van der Waals surface area contributed by atoms with E-state index in [1.54, 1.807) is 0 Å². The molecule has 42 heavy (non-hydrogen) atoms. The van der Waals surface area contributed by atoms with Crippen molar-refractivity contribution < 1.29 is 24.2 Å². The molecule has 2 aromatic rings. The third-order valence-electron chi connectivity index (χ3n) is 8.08. The SMILES string of the molecule is CC(=O)N[C@H](C(=O)NC(C[C@H](O)C(Cc1ccccc1)NC(=O)CCOc1ccc(C)cc1)C1CCCCC1)C(C)C. The van der Waals surface area contributed by atoms with Gasteiger partial charge in [-0.25, -0.2) is 0 Å². The summed E-state index contributed by atoms with van der Waals surface area (Å²) in [5.74, 6) is 0.150. The van der Waals surface area contributed by atoms with E-state index in [2.05, 4.69) is 16.0 Å². The van der Waals surface area contributed by atoms with E-state index in [1.807, 2.05) is 75.4 Å². The van der Waals surface area contributed by atoms with Gasteiger partial charge in [0.15, 0.2) is 0 Å². The molecule has 2 aromatic carbocycles. The molecule has 1 aliphatic rings.